The number of aliphatic hydroxyl groups is 1. The fourth-order valence-corrected chi connectivity index (χ4v) is 0.360. The molecular formula is C8H18O5. The van der Waals surface area contributed by atoms with Crippen LogP contribution in [-0.4, -0.2) is 36.4 Å². The number of carboxylic acid groups (broad SMARTS) is 1. The van der Waals surface area contributed by atoms with Crippen LogP contribution in [0.15, 0.2) is 0 Å². The highest BCUT2D eigenvalue weighted by atomic mass is 16.5. The van der Waals surface area contributed by atoms with Gasteiger partial charge in [-0.05, 0) is 6.42 Å². The van der Waals surface area contributed by atoms with E-state index in [2.05, 4.69) is 11.7 Å². The maximum absolute atomic E-state index is 10.1. The van der Waals surface area contributed by atoms with Gasteiger partial charge in [0.15, 0.2) is 0 Å². The molecule has 0 bridgehead atoms. The zero-order valence-corrected chi connectivity index (χ0v) is 8.32. The third-order valence-corrected chi connectivity index (χ3v) is 0.803. The van der Waals surface area contributed by atoms with E-state index in [1.165, 1.54) is 6.92 Å². The van der Waals surface area contributed by atoms with Crippen molar-refractivity contribution in [3.8, 4) is 0 Å². The number of hydrogen-bond acceptors (Lipinski definition) is 4. The van der Waals surface area contributed by atoms with E-state index >= 15 is 0 Å². The van der Waals surface area contributed by atoms with Crippen LogP contribution in [0.5, 0.6) is 0 Å². The highest BCUT2D eigenvalue weighted by Gasteiger charge is 1.88. The Hall–Kier alpha value is -1.10. The Morgan fingerprint density at radius 2 is 1.85 bits per heavy atom. The molecule has 0 rings (SSSR count). The lowest BCUT2D eigenvalue weighted by molar-refractivity contribution is -0.141. The zero-order valence-electron chi connectivity index (χ0n) is 8.32. The first kappa shape index (κ1) is 17.8. The summed E-state index contributed by atoms with van der Waals surface area (Å²) in [5, 5.41) is 13.9. The molecule has 0 atom stereocenters. The Labute approximate surface area is 78.3 Å². The standard InChI is InChI=1S/C6H12O2.CH2O2.CH4O/c1-3-4-5-8-6(2)7;2-1-3;1-2/h3-5H2,1-2H3;1H,(H,2,3);2H,1H3. The van der Waals surface area contributed by atoms with Crippen LogP contribution >= 0.6 is 0 Å². The predicted molar refractivity (Wildman–Crippen MR) is 48.4 cm³/mol. The average molecular weight is 194 g/mol. The highest BCUT2D eigenvalue weighted by molar-refractivity contribution is 5.65. The summed E-state index contributed by atoms with van der Waals surface area (Å²) in [4.78, 5) is 18.5. The van der Waals surface area contributed by atoms with Crippen molar-refractivity contribution < 1.29 is 24.5 Å². The van der Waals surface area contributed by atoms with Crippen molar-refractivity contribution in [3.63, 3.8) is 0 Å². The van der Waals surface area contributed by atoms with Crippen molar-refractivity contribution in [2.75, 3.05) is 13.7 Å². The first-order valence-corrected chi connectivity index (χ1v) is 3.85. The monoisotopic (exact) mass is 194 g/mol. The summed E-state index contributed by atoms with van der Waals surface area (Å²) < 4.78 is 4.64. The van der Waals surface area contributed by atoms with Crippen LogP contribution in [0.4, 0.5) is 0 Å². The molecule has 0 aliphatic rings. The molecule has 0 unspecified atom stereocenters. The SMILES string of the molecule is CCCCOC(C)=O.CO.O=CO. The van der Waals surface area contributed by atoms with E-state index in [4.69, 9.17) is 15.0 Å². The number of aliphatic hydroxyl groups excluding tert-OH is 1. The van der Waals surface area contributed by atoms with Crippen LogP contribution in [0.25, 0.3) is 0 Å². The van der Waals surface area contributed by atoms with E-state index in [1.54, 1.807) is 0 Å². The summed E-state index contributed by atoms with van der Waals surface area (Å²) >= 11 is 0. The number of unbranched alkanes of at least 4 members (excludes halogenated alkanes) is 1. The molecule has 80 valence electrons. The van der Waals surface area contributed by atoms with Gasteiger partial charge < -0.3 is 14.9 Å². The molecule has 0 saturated carbocycles. The summed E-state index contributed by atoms with van der Waals surface area (Å²) in [5.41, 5.74) is 0. The Morgan fingerprint density at radius 1 is 1.46 bits per heavy atom. The molecule has 0 aliphatic carbocycles. The van der Waals surface area contributed by atoms with Gasteiger partial charge in [0.1, 0.15) is 0 Å². The molecule has 0 amide bonds. The zero-order chi connectivity index (χ0) is 11.1. The number of ether oxygens (including phenoxy) is 1. The van der Waals surface area contributed by atoms with Crippen molar-refractivity contribution in [1.29, 1.82) is 0 Å². The van der Waals surface area contributed by atoms with Crippen LogP contribution in [0.3, 0.4) is 0 Å². The van der Waals surface area contributed by atoms with Crippen LogP contribution in [0, 0.1) is 0 Å². The van der Waals surface area contributed by atoms with Gasteiger partial charge in [-0.15, -0.1) is 0 Å². The molecule has 5 nitrogen and oxygen atoms in total. The highest BCUT2D eigenvalue weighted by Crippen LogP contribution is 1.86. The molecule has 0 aromatic rings. The molecular weight excluding hydrogens is 176 g/mol. The van der Waals surface area contributed by atoms with E-state index in [-0.39, 0.29) is 12.4 Å². The Morgan fingerprint density at radius 3 is 2.08 bits per heavy atom. The third-order valence-electron chi connectivity index (χ3n) is 0.803. The van der Waals surface area contributed by atoms with E-state index in [9.17, 15) is 4.79 Å². The maximum Gasteiger partial charge on any atom is 0.302 e. The Balaban J connectivity index is -0.000000169. The number of carbonyl (C=O) groups excluding carboxylic acids is 1. The number of esters is 1. The second-order valence-corrected chi connectivity index (χ2v) is 1.80. The van der Waals surface area contributed by atoms with Gasteiger partial charge in [0.2, 0.25) is 0 Å². The molecule has 5 heteroatoms. The van der Waals surface area contributed by atoms with Gasteiger partial charge in [0.05, 0.1) is 6.61 Å². The molecule has 0 aromatic carbocycles. The smallest absolute Gasteiger partial charge is 0.302 e. The lowest BCUT2D eigenvalue weighted by atomic mass is 10.4. The minimum atomic E-state index is -0.250. The number of carbonyl (C=O) groups is 2. The fraction of sp³-hybridized carbons (Fsp3) is 0.750. The first-order chi connectivity index (χ1) is 6.18. The van der Waals surface area contributed by atoms with Crippen molar-refractivity contribution in [3.05, 3.63) is 0 Å². The molecule has 2 N–H and O–H groups in total. The third kappa shape index (κ3) is 56.8. The predicted octanol–water partition coefficient (Wildman–Crippen LogP) is 0.659. The van der Waals surface area contributed by atoms with Gasteiger partial charge >= 0.3 is 5.97 Å². The fourth-order valence-electron chi connectivity index (χ4n) is 0.360. The van der Waals surface area contributed by atoms with E-state index in [0.29, 0.717) is 6.61 Å². The van der Waals surface area contributed by atoms with Gasteiger partial charge in [0.25, 0.3) is 6.47 Å². The summed E-state index contributed by atoms with van der Waals surface area (Å²) in [5.74, 6) is -0.182. The van der Waals surface area contributed by atoms with Crippen molar-refractivity contribution in [2.45, 2.75) is 26.7 Å². The lowest BCUT2D eigenvalue weighted by Gasteiger charge is -1.96. The van der Waals surface area contributed by atoms with Crippen LogP contribution in [0.1, 0.15) is 26.7 Å². The van der Waals surface area contributed by atoms with Crippen LogP contribution < -0.4 is 0 Å². The molecule has 0 heterocycles. The Bertz CT molecular complexity index is 103. The Kier molecular flexibility index (Phi) is 30.8. The lowest BCUT2D eigenvalue weighted by Crippen LogP contribution is -1.99. The summed E-state index contributed by atoms with van der Waals surface area (Å²) in [6.45, 7) is 3.81. The van der Waals surface area contributed by atoms with Gasteiger partial charge in [-0.3, -0.25) is 9.59 Å². The molecule has 0 radical (unpaired) electrons. The van der Waals surface area contributed by atoms with E-state index in [0.717, 1.165) is 20.0 Å². The maximum atomic E-state index is 10.1. The quantitative estimate of drug-likeness (QED) is 0.391. The van der Waals surface area contributed by atoms with Gasteiger partial charge in [-0.2, -0.15) is 0 Å². The minimum Gasteiger partial charge on any atom is -0.483 e. The van der Waals surface area contributed by atoms with Crippen molar-refractivity contribution in [1.82, 2.24) is 0 Å². The number of rotatable bonds is 3. The van der Waals surface area contributed by atoms with Crippen LogP contribution in [-0.2, 0) is 14.3 Å². The summed E-state index contributed by atoms with van der Waals surface area (Å²) in [7, 11) is 1.00. The van der Waals surface area contributed by atoms with Gasteiger partial charge in [0, 0.05) is 14.0 Å². The molecule has 0 saturated heterocycles. The summed E-state index contributed by atoms with van der Waals surface area (Å²) in [6.07, 6.45) is 2.05. The van der Waals surface area contributed by atoms with Crippen molar-refractivity contribution in [2.24, 2.45) is 0 Å². The van der Waals surface area contributed by atoms with Crippen LogP contribution in [0.2, 0.25) is 0 Å². The largest absolute Gasteiger partial charge is 0.483 e. The minimum absolute atomic E-state index is 0.182. The van der Waals surface area contributed by atoms with E-state index < -0.39 is 0 Å². The number of hydrogen-bond donors (Lipinski definition) is 2. The molecule has 0 aliphatic heterocycles. The van der Waals surface area contributed by atoms with Crippen molar-refractivity contribution >= 4 is 12.4 Å². The summed E-state index contributed by atoms with van der Waals surface area (Å²) in [6, 6.07) is 0. The molecule has 13 heavy (non-hydrogen) atoms. The normalized spacial score (nSPS) is 6.77. The second kappa shape index (κ2) is 22.4. The van der Waals surface area contributed by atoms with E-state index in [1.807, 2.05) is 0 Å². The topological polar surface area (TPSA) is 83.8 Å². The molecule has 0 aromatic heterocycles. The van der Waals surface area contributed by atoms with Gasteiger partial charge in [-0.25, -0.2) is 0 Å². The first-order valence-electron chi connectivity index (χ1n) is 3.85. The second-order valence-electron chi connectivity index (χ2n) is 1.80. The van der Waals surface area contributed by atoms with Gasteiger partial charge in [-0.1, -0.05) is 13.3 Å². The average Bonchev–Trinajstić information content (AvgIpc) is 2.09. The molecule has 0 spiro atoms. The molecule has 0 fully saturated rings.